The standard InChI is InChI=1S/C24H30N4O4/c1-14(2)31-22-7-5-16(10-21(22)25)24-26-23(27-32-24)20-6-4-17-11-28(18(12-29)13-30)9-8-19(17)15(20)3/h4-7,10,14,18,29-30H,8-9,11-13,25H2,1-3H3. The minimum atomic E-state index is -0.229. The molecule has 0 fully saturated rings. The lowest BCUT2D eigenvalue weighted by Gasteiger charge is -2.34. The number of aliphatic hydroxyl groups is 2. The molecule has 1 aromatic heterocycles. The first kappa shape index (κ1) is 22.3. The Kier molecular flexibility index (Phi) is 6.45. The van der Waals surface area contributed by atoms with Gasteiger partial charge < -0.3 is 25.2 Å². The zero-order chi connectivity index (χ0) is 22.8. The lowest BCUT2D eigenvalue weighted by molar-refractivity contribution is 0.0650. The average molecular weight is 439 g/mol. The van der Waals surface area contributed by atoms with Crippen molar-refractivity contribution in [2.45, 2.75) is 45.9 Å². The number of aromatic nitrogens is 2. The quantitative estimate of drug-likeness (QED) is 0.482. The monoisotopic (exact) mass is 438 g/mol. The SMILES string of the molecule is Cc1c(-c2noc(-c3ccc(OC(C)C)c(N)c3)n2)ccc2c1CCN(C(CO)CO)C2. The summed E-state index contributed by atoms with van der Waals surface area (Å²) in [7, 11) is 0. The van der Waals surface area contributed by atoms with Crippen LogP contribution in [0.2, 0.25) is 0 Å². The van der Waals surface area contributed by atoms with Gasteiger partial charge in [0.2, 0.25) is 5.82 Å². The predicted molar refractivity (Wildman–Crippen MR) is 122 cm³/mol. The molecule has 0 spiro atoms. The van der Waals surface area contributed by atoms with Crippen LogP contribution in [-0.2, 0) is 13.0 Å². The summed E-state index contributed by atoms with van der Waals surface area (Å²) in [6.07, 6.45) is 0.875. The fourth-order valence-corrected chi connectivity index (χ4v) is 4.20. The topological polar surface area (TPSA) is 118 Å². The first-order valence-electron chi connectivity index (χ1n) is 10.9. The highest BCUT2D eigenvalue weighted by atomic mass is 16.5. The Labute approximate surface area is 187 Å². The molecule has 0 unspecified atom stereocenters. The van der Waals surface area contributed by atoms with Gasteiger partial charge in [0.05, 0.1) is 31.0 Å². The normalized spacial score (nSPS) is 14.2. The van der Waals surface area contributed by atoms with E-state index in [0.717, 1.165) is 29.7 Å². The van der Waals surface area contributed by atoms with Crippen molar-refractivity contribution in [2.24, 2.45) is 0 Å². The summed E-state index contributed by atoms with van der Waals surface area (Å²) in [5.74, 6) is 1.57. The Morgan fingerprint density at radius 3 is 2.66 bits per heavy atom. The molecule has 1 aliphatic rings. The van der Waals surface area contributed by atoms with E-state index in [1.165, 1.54) is 11.1 Å². The summed E-state index contributed by atoms with van der Waals surface area (Å²) < 4.78 is 11.2. The van der Waals surface area contributed by atoms with Crippen molar-refractivity contribution in [2.75, 3.05) is 25.5 Å². The van der Waals surface area contributed by atoms with Crippen LogP contribution < -0.4 is 10.5 Å². The van der Waals surface area contributed by atoms with Crippen molar-refractivity contribution in [1.82, 2.24) is 15.0 Å². The van der Waals surface area contributed by atoms with Crippen molar-refractivity contribution < 1.29 is 19.5 Å². The van der Waals surface area contributed by atoms with Gasteiger partial charge in [-0.2, -0.15) is 4.98 Å². The minimum absolute atomic E-state index is 0.0374. The number of hydrogen-bond acceptors (Lipinski definition) is 8. The van der Waals surface area contributed by atoms with Gasteiger partial charge >= 0.3 is 0 Å². The highest BCUT2D eigenvalue weighted by Gasteiger charge is 2.25. The van der Waals surface area contributed by atoms with Crippen LogP contribution in [0.25, 0.3) is 22.8 Å². The third-order valence-electron chi connectivity index (χ3n) is 5.94. The van der Waals surface area contributed by atoms with Gasteiger partial charge in [-0.25, -0.2) is 0 Å². The van der Waals surface area contributed by atoms with Gasteiger partial charge in [0.1, 0.15) is 5.75 Å². The Balaban J connectivity index is 1.58. The Morgan fingerprint density at radius 1 is 1.19 bits per heavy atom. The number of benzene rings is 2. The molecule has 0 radical (unpaired) electrons. The van der Waals surface area contributed by atoms with Crippen LogP contribution in [0.5, 0.6) is 5.75 Å². The summed E-state index contributed by atoms with van der Waals surface area (Å²) in [5, 5.41) is 23.2. The number of anilines is 1. The summed E-state index contributed by atoms with van der Waals surface area (Å²) in [6.45, 7) is 7.36. The molecule has 170 valence electrons. The van der Waals surface area contributed by atoms with Gasteiger partial charge in [-0.15, -0.1) is 0 Å². The summed E-state index contributed by atoms with van der Waals surface area (Å²) in [4.78, 5) is 6.73. The molecule has 8 nitrogen and oxygen atoms in total. The highest BCUT2D eigenvalue weighted by Crippen LogP contribution is 2.33. The van der Waals surface area contributed by atoms with Crippen LogP contribution in [0.15, 0.2) is 34.9 Å². The first-order chi connectivity index (χ1) is 15.4. The molecule has 4 N–H and O–H groups in total. The van der Waals surface area contributed by atoms with Crippen LogP contribution in [0.4, 0.5) is 5.69 Å². The molecule has 1 aliphatic heterocycles. The van der Waals surface area contributed by atoms with Crippen LogP contribution in [0.1, 0.15) is 30.5 Å². The van der Waals surface area contributed by atoms with Gasteiger partial charge in [-0.3, -0.25) is 4.90 Å². The van der Waals surface area contributed by atoms with Crippen molar-refractivity contribution in [3.05, 3.63) is 47.0 Å². The summed E-state index contributed by atoms with van der Waals surface area (Å²) >= 11 is 0. The summed E-state index contributed by atoms with van der Waals surface area (Å²) in [6, 6.07) is 9.30. The molecule has 0 atom stereocenters. The fraction of sp³-hybridized carbons (Fsp3) is 0.417. The van der Waals surface area contributed by atoms with E-state index in [9.17, 15) is 10.2 Å². The number of rotatable bonds is 7. The number of hydrogen-bond donors (Lipinski definition) is 3. The molecule has 8 heteroatoms. The maximum absolute atomic E-state index is 9.50. The number of nitrogens with zero attached hydrogens (tertiary/aromatic N) is 3. The number of nitrogen functional groups attached to an aromatic ring is 1. The van der Waals surface area contributed by atoms with Crippen molar-refractivity contribution in [3.63, 3.8) is 0 Å². The molecule has 0 saturated carbocycles. The Hall–Kier alpha value is -2.94. The molecule has 0 aliphatic carbocycles. The minimum Gasteiger partial charge on any atom is -0.489 e. The van der Waals surface area contributed by atoms with Gasteiger partial charge in [0, 0.05) is 24.2 Å². The average Bonchev–Trinajstić information content (AvgIpc) is 3.26. The molecule has 2 aromatic carbocycles. The van der Waals surface area contributed by atoms with E-state index < -0.39 is 0 Å². The molecular formula is C24H30N4O4. The van der Waals surface area contributed by atoms with Crippen LogP contribution in [0.3, 0.4) is 0 Å². The third-order valence-corrected chi connectivity index (χ3v) is 5.94. The van der Waals surface area contributed by atoms with Crippen LogP contribution in [0, 0.1) is 6.92 Å². The second-order valence-corrected chi connectivity index (χ2v) is 8.46. The molecule has 32 heavy (non-hydrogen) atoms. The molecule has 4 rings (SSSR count). The maximum Gasteiger partial charge on any atom is 0.258 e. The summed E-state index contributed by atoms with van der Waals surface area (Å²) in [5.41, 5.74) is 11.9. The Morgan fingerprint density at radius 2 is 1.97 bits per heavy atom. The molecule has 0 bridgehead atoms. The van der Waals surface area contributed by atoms with Gasteiger partial charge in [0.25, 0.3) is 5.89 Å². The first-order valence-corrected chi connectivity index (χ1v) is 10.9. The van der Waals surface area contributed by atoms with Gasteiger partial charge in [-0.05, 0) is 62.1 Å². The van der Waals surface area contributed by atoms with Crippen molar-refractivity contribution >= 4 is 5.69 Å². The highest BCUT2D eigenvalue weighted by molar-refractivity contribution is 5.68. The lowest BCUT2D eigenvalue weighted by atomic mass is 9.91. The van der Waals surface area contributed by atoms with E-state index in [-0.39, 0.29) is 25.4 Å². The van der Waals surface area contributed by atoms with E-state index in [2.05, 4.69) is 28.0 Å². The molecule has 0 saturated heterocycles. The van der Waals surface area contributed by atoms with E-state index in [4.69, 9.17) is 15.0 Å². The number of fused-ring (bicyclic) bond motifs is 1. The van der Waals surface area contributed by atoms with E-state index >= 15 is 0 Å². The van der Waals surface area contributed by atoms with E-state index in [1.807, 2.05) is 32.0 Å². The van der Waals surface area contributed by atoms with Gasteiger partial charge in [0.15, 0.2) is 0 Å². The zero-order valence-electron chi connectivity index (χ0n) is 18.7. The second kappa shape index (κ2) is 9.28. The van der Waals surface area contributed by atoms with Crippen molar-refractivity contribution in [3.8, 4) is 28.6 Å². The van der Waals surface area contributed by atoms with Crippen LogP contribution >= 0.6 is 0 Å². The van der Waals surface area contributed by atoms with E-state index in [0.29, 0.717) is 29.7 Å². The fourth-order valence-electron chi connectivity index (χ4n) is 4.20. The molecule has 2 heterocycles. The Bertz CT molecular complexity index is 1090. The van der Waals surface area contributed by atoms with E-state index in [1.54, 1.807) is 6.07 Å². The maximum atomic E-state index is 9.50. The molecule has 0 amide bonds. The number of nitrogens with two attached hydrogens (primary N) is 1. The second-order valence-electron chi connectivity index (χ2n) is 8.46. The lowest BCUT2D eigenvalue weighted by Crippen LogP contribution is -2.43. The number of aliphatic hydroxyl groups excluding tert-OH is 2. The van der Waals surface area contributed by atoms with Gasteiger partial charge in [-0.1, -0.05) is 17.3 Å². The smallest absolute Gasteiger partial charge is 0.258 e. The third kappa shape index (κ3) is 4.34. The molecular weight excluding hydrogens is 408 g/mol. The predicted octanol–water partition coefficient (Wildman–Crippen LogP) is 2.79. The zero-order valence-corrected chi connectivity index (χ0v) is 18.7. The molecule has 3 aromatic rings. The van der Waals surface area contributed by atoms with Crippen molar-refractivity contribution in [1.29, 1.82) is 0 Å². The number of ether oxygens (including phenoxy) is 1. The largest absolute Gasteiger partial charge is 0.489 e. The van der Waals surface area contributed by atoms with Crippen LogP contribution in [-0.4, -0.2) is 57.2 Å².